The Hall–Kier alpha value is -2.56. The summed E-state index contributed by atoms with van der Waals surface area (Å²) in [5, 5.41) is 13.3. The Balaban J connectivity index is 2.40. The second kappa shape index (κ2) is 4.85. The Kier molecular flexibility index (Phi) is 3.36. The minimum atomic E-state index is -1.35. The predicted octanol–water partition coefficient (Wildman–Crippen LogP) is 2.01. The number of benzene rings is 2. The van der Waals surface area contributed by atoms with Crippen molar-refractivity contribution in [2.24, 2.45) is 0 Å². The van der Waals surface area contributed by atoms with Gasteiger partial charge in [-0.15, -0.1) is 0 Å². The van der Waals surface area contributed by atoms with E-state index in [0.29, 0.717) is 5.69 Å². The van der Waals surface area contributed by atoms with E-state index in [1.165, 1.54) is 13.8 Å². The van der Waals surface area contributed by atoms with Gasteiger partial charge in [0.05, 0.1) is 5.56 Å². The number of hydrogen-bond donors (Lipinski definition) is 3. The summed E-state index contributed by atoms with van der Waals surface area (Å²) in [5.74, 6) is -1.61. The summed E-state index contributed by atoms with van der Waals surface area (Å²) in [6, 6.07) is 10.9. The molecule has 20 heavy (non-hydrogen) atoms. The van der Waals surface area contributed by atoms with E-state index in [2.05, 4.69) is 5.32 Å². The van der Waals surface area contributed by atoms with Crippen LogP contribution in [0.25, 0.3) is 10.8 Å². The van der Waals surface area contributed by atoms with Crippen LogP contribution in [0.4, 0.5) is 5.69 Å². The van der Waals surface area contributed by atoms with Crippen LogP contribution in [0.3, 0.4) is 0 Å². The molecule has 0 aromatic heterocycles. The van der Waals surface area contributed by atoms with Gasteiger partial charge in [0.25, 0.3) is 5.91 Å². The van der Waals surface area contributed by atoms with Gasteiger partial charge in [-0.3, -0.25) is 4.79 Å². The molecule has 4 N–H and O–H groups in total. The molecule has 2 aromatic rings. The average molecular weight is 272 g/mol. The van der Waals surface area contributed by atoms with Crippen molar-refractivity contribution in [3.8, 4) is 0 Å². The number of hydrogen-bond acceptors (Lipinski definition) is 3. The minimum Gasteiger partial charge on any atom is -0.480 e. The molecule has 0 bridgehead atoms. The van der Waals surface area contributed by atoms with Gasteiger partial charge in [0, 0.05) is 5.69 Å². The maximum Gasteiger partial charge on any atom is 0.328 e. The number of nitrogens with two attached hydrogens (primary N) is 1. The lowest BCUT2D eigenvalue weighted by Crippen LogP contribution is -2.49. The molecule has 0 heterocycles. The summed E-state index contributed by atoms with van der Waals surface area (Å²) in [5.41, 5.74) is 5.12. The zero-order chi connectivity index (χ0) is 14.9. The number of fused-ring (bicyclic) bond motifs is 1. The smallest absolute Gasteiger partial charge is 0.328 e. The van der Waals surface area contributed by atoms with E-state index in [1.54, 1.807) is 12.1 Å². The highest BCUT2D eigenvalue weighted by Gasteiger charge is 2.29. The van der Waals surface area contributed by atoms with E-state index in [1.807, 2.05) is 24.3 Å². The van der Waals surface area contributed by atoms with Gasteiger partial charge >= 0.3 is 5.97 Å². The second-order valence-electron chi connectivity index (χ2n) is 5.17. The number of nitrogen functional groups attached to an aromatic ring is 1. The van der Waals surface area contributed by atoms with Crippen LogP contribution in [0.15, 0.2) is 36.4 Å². The van der Waals surface area contributed by atoms with Gasteiger partial charge in [-0.1, -0.05) is 24.3 Å². The Morgan fingerprint density at radius 3 is 2.25 bits per heavy atom. The van der Waals surface area contributed by atoms with Gasteiger partial charge in [0.2, 0.25) is 0 Å². The molecule has 0 aliphatic heterocycles. The standard InChI is InChI=1S/C15H16N2O3/c1-15(2,14(19)20)17-13(18)11-7-9-5-3-4-6-10(9)8-12(11)16/h3-8H,16H2,1-2H3,(H,17,18)(H,19,20). The first-order valence-corrected chi connectivity index (χ1v) is 6.15. The van der Waals surface area contributed by atoms with Gasteiger partial charge in [-0.05, 0) is 36.8 Å². The average Bonchev–Trinajstić information content (AvgIpc) is 2.37. The van der Waals surface area contributed by atoms with Crippen molar-refractivity contribution in [2.45, 2.75) is 19.4 Å². The van der Waals surface area contributed by atoms with Gasteiger partial charge in [-0.25, -0.2) is 4.79 Å². The molecule has 0 aliphatic rings. The zero-order valence-corrected chi connectivity index (χ0v) is 11.3. The van der Waals surface area contributed by atoms with Crippen LogP contribution >= 0.6 is 0 Å². The lowest BCUT2D eigenvalue weighted by Gasteiger charge is -2.21. The fraction of sp³-hybridized carbons (Fsp3) is 0.200. The molecule has 104 valence electrons. The summed E-state index contributed by atoms with van der Waals surface area (Å²) < 4.78 is 0. The van der Waals surface area contributed by atoms with Crippen molar-refractivity contribution in [1.82, 2.24) is 5.32 Å². The van der Waals surface area contributed by atoms with Crippen LogP contribution in [0, 0.1) is 0 Å². The summed E-state index contributed by atoms with van der Waals surface area (Å²) in [4.78, 5) is 23.2. The third-order valence-electron chi connectivity index (χ3n) is 3.12. The molecule has 0 saturated carbocycles. The summed E-state index contributed by atoms with van der Waals surface area (Å²) in [6.07, 6.45) is 0. The van der Waals surface area contributed by atoms with Crippen LogP contribution < -0.4 is 11.1 Å². The van der Waals surface area contributed by atoms with Gasteiger partial charge in [0.15, 0.2) is 0 Å². The number of carboxylic acid groups (broad SMARTS) is 1. The van der Waals surface area contributed by atoms with Crippen molar-refractivity contribution in [2.75, 3.05) is 5.73 Å². The summed E-state index contributed by atoms with van der Waals surface area (Å²) in [6.45, 7) is 2.84. The van der Waals surface area contributed by atoms with Crippen molar-refractivity contribution < 1.29 is 14.7 Å². The van der Waals surface area contributed by atoms with E-state index in [-0.39, 0.29) is 5.56 Å². The van der Waals surface area contributed by atoms with Crippen LogP contribution in [-0.4, -0.2) is 22.5 Å². The van der Waals surface area contributed by atoms with Crippen LogP contribution in [0.2, 0.25) is 0 Å². The number of nitrogens with one attached hydrogen (secondary N) is 1. The molecular weight excluding hydrogens is 256 g/mol. The first-order chi connectivity index (χ1) is 9.31. The highest BCUT2D eigenvalue weighted by molar-refractivity contribution is 6.05. The SMILES string of the molecule is CC(C)(NC(=O)c1cc2ccccc2cc1N)C(=O)O. The van der Waals surface area contributed by atoms with E-state index in [4.69, 9.17) is 10.8 Å². The predicted molar refractivity (Wildman–Crippen MR) is 77.5 cm³/mol. The van der Waals surface area contributed by atoms with Crippen molar-refractivity contribution in [1.29, 1.82) is 0 Å². The third-order valence-corrected chi connectivity index (χ3v) is 3.12. The fourth-order valence-corrected chi connectivity index (χ4v) is 1.86. The number of carbonyl (C=O) groups is 2. The molecule has 0 spiro atoms. The normalized spacial score (nSPS) is 11.3. The van der Waals surface area contributed by atoms with E-state index >= 15 is 0 Å². The summed E-state index contributed by atoms with van der Waals surface area (Å²) >= 11 is 0. The fourth-order valence-electron chi connectivity index (χ4n) is 1.86. The van der Waals surface area contributed by atoms with Gasteiger partial charge < -0.3 is 16.2 Å². The quantitative estimate of drug-likeness (QED) is 0.745. The Morgan fingerprint density at radius 1 is 1.15 bits per heavy atom. The highest BCUT2D eigenvalue weighted by Crippen LogP contribution is 2.22. The molecule has 5 heteroatoms. The van der Waals surface area contributed by atoms with Crippen LogP contribution in [0.1, 0.15) is 24.2 Å². The number of rotatable bonds is 3. The summed E-state index contributed by atoms with van der Waals surface area (Å²) in [7, 11) is 0. The first kappa shape index (κ1) is 13.9. The Morgan fingerprint density at radius 2 is 1.70 bits per heavy atom. The highest BCUT2D eigenvalue weighted by atomic mass is 16.4. The van der Waals surface area contributed by atoms with Gasteiger partial charge in [0.1, 0.15) is 5.54 Å². The largest absolute Gasteiger partial charge is 0.480 e. The van der Waals surface area contributed by atoms with Gasteiger partial charge in [-0.2, -0.15) is 0 Å². The molecule has 1 amide bonds. The molecule has 0 saturated heterocycles. The maximum absolute atomic E-state index is 12.2. The van der Waals surface area contributed by atoms with Crippen LogP contribution in [0.5, 0.6) is 0 Å². The van der Waals surface area contributed by atoms with E-state index in [0.717, 1.165) is 10.8 Å². The number of amides is 1. The lowest BCUT2D eigenvalue weighted by atomic mass is 10.0. The molecule has 0 aliphatic carbocycles. The zero-order valence-electron chi connectivity index (χ0n) is 11.3. The number of carbonyl (C=O) groups excluding carboxylic acids is 1. The van der Waals surface area contributed by atoms with E-state index < -0.39 is 17.4 Å². The van der Waals surface area contributed by atoms with E-state index in [9.17, 15) is 9.59 Å². The molecule has 0 radical (unpaired) electrons. The number of carboxylic acids is 1. The first-order valence-electron chi connectivity index (χ1n) is 6.15. The monoisotopic (exact) mass is 272 g/mol. The second-order valence-corrected chi connectivity index (χ2v) is 5.17. The Bertz CT molecular complexity index is 693. The minimum absolute atomic E-state index is 0.276. The molecule has 2 rings (SSSR count). The topological polar surface area (TPSA) is 92.4 Å². The molecule has 0 atom stereocenters. The molecule has 0 unspecified atom stereocenters. The Labute approximate surface area is 116 Å². The van der Waals surface area contributed by atoms with Crippen LogP contribution in [-0.2, 0) is 4.79 Å². The molecule has 5 nitrogen and oxygen atoms in total. The third kappa shape index (κ3) is 2.56. The number of anilines is 1. The number of aliphatic carboxylic acids is 1. The maximum atomic E-state index is 12.2. The van der Waals surface area contributed by atoms with Crippen molar-refractivity contribution in [3.63, 3.8) is 0 Å². The molecule has 2 aromatic carbocycles. The molecule has 0 fully saturated rings. The van der Waals surface area contributed by atoms with Crippen molar-refractivity contribution in [3.05, 3.63) is 42.0 Å². The lowest BCUT2D eigenvalue weighted by molar-refractivity contribution is -0.143. The van der Waals surface area contributed by atoms with Crippen molar-refractivity contribution >= 4 is 28.3 Å². The molecular formula is C15H16N2O3.